The van der Waals surface area contributed by atoms with Crippen LogP contribution in [0.15, 0.2) is 65.7 Å². The summed E-state index contributed by atoms with van der Waals surface area (Å²) >= 11 is 1.67. The molecule has 2 heterocycles. The molecule has 170 valence electrons. The standard InChI is InChI=1S/C26H28N4O2S/c1-17-14-19(3)28-25-23(17)30(12-13-33-25)26(32)29-22-11-7-10-21(15-22)24(31)27-16-18(2)20-8-5-4-6-9-20/h4-11,14-15,18H,12-13,16H2,1-3H3,(H,27,31)(H,29,32)/t18-/m1/s1. The molecule has 0 radical (unpaired) electrons. The lowest BCUT2D eigenvalue weighted by molar-refractivity contribution is 0.0951. The van der Waals surface area contributed by atoms with Crippen LogP contribution in [0.4, 0.5) is 16.2 Å². The molecule has 7 heteroatoms. The number of aromatic nitrogens is 1. The minimum absolute atomic E-state index is 0.163. The first-order valence-electron chi connectivity index (χ1n) is 11.0. The number of urea groups is 1. The molecule has 1 aliphatic heterocycles. The Morgan fingerprint density at radius 2 is 1.88 bits per heavy atom. The summed E-state index contributed by atoms with van der Waals surface area (Å²) in [4.78, 5) is 32.1. The molecule has 2 N–H and O–H groups in total. The lowest BCUT2D eigenvalue weighted by Crippen LogP contribution is -2.39. The zero-order chi connectivity index (χ0) is 23.4. The molecule has 0 saturated carbocycles. The van der Waals surface area contributed by atoms with Crippen molar-refractivity contribution in [2.24, 2.45) is 0 Å². The van der Waals surface area contributed by atoms with Crippen molar-refractivity contribution < 1.29 is 9.59 Å². The van der Waals surface area contributed by atoms with Crippen LogP contribution >= 0.6 is 11.8 Å². The molecule has 4 rings (SSSR count). The van der Waals surface area contributed by atoms with Crippen molar-refractivity contribution >= 4 is 35.1 Å². The summed E-state index contributed by atoms with van der Waals surface area (Å²) < 4.78 is 0. The average molecular weight is 461 g/mol. The van der Waals surface area contributed by atoms with Crippen LogP contribution in [0.3, 0.4) is 0 Å². The fraction of sp³-hybridized carbons (Fsp3) is 0.269. The monoisotopic (exact) mass is 460 g/mol. The fourth-order valence-electron chi connectivity index (χ4n) is 3.95. The summed E-state index contributed by atoms with van der Waals surface area (Å²) in [6.45, 7) is 7.18. The summed E-state index contributed by atoms with van der Waals surface area (Å²) in [7, 11) is 0. The van der Waals surface area contributed by atoms with E-state index < -0.39 is 0 Å². The first-order valence-corrected chi connectivity index (χ1v) is 12.0. The Hall–Kier alpha value is -3.32. The number of fused-ring (bicyclic) bond motifs is 1. The molecule has 0 fully saturated rings. The van der Waals surface area contributed by atoms with Gasteiger partial charge in [0.1, 0.15) is 5.03 Å². The van der Waals surface area contributed by atoms with Gasteiger partial charge in [-0.25, -0.2) is 9.78 Å². The molecule has 33 heavy (non-hydrogen) atoms. The second-order valence-electron chi connectivity index (χ2n) is 8.27. The van der Waals surface area contributed by atoms with E-state index in [0.717, 1.165) is 27.7 Å². The number of amides is 3. The van der Waals surface area contributed by atoms with E-state index in [4.69, 9.17) is 0 Å². The van der Waals surface area contributed by atoms with Gasteiger partial charge in [-0.3, -0.25) is 9.69 Å². The van der Waals surface area contributed by atoms with Gasteiger partial charge >= 0.3 is 6.03 Å². The third kappa shape index (κ3) is 5.37. The molecule has 0 unspecified atom stereocenters. The van der Waals surface area contributed by atoms with Gasteiger partial charge in [0.2, 0.25) is 0 Å². The number of nitrogens with one attached hydrogen (secondary N) is 2. The van der Waals surface area contributed by atoms with Gasteiger partial charge in [-0.1, -0.05) is 43.3 Å². The maximum Gasteiger partial charge on any atom is 0.326 e. The molecule has 0 aliphatic carbocycles. The molecular weight excluding hydrogens is 432 g/mol. The number of pyridine rings is 1. The molecule has 6 nitrogen and oxygen atoms in total. The molecule has 2 aromatic carbocycles. The van der Waals surface area contributed by atoms with Crippen molar-refractivity contribution in [2.45, 2.75) is 31.7 Å². The van der Waals surface area contributed by atoms with E-state index in [1.807, 2.05) is 38.1 Å². The van der Waals surface area contributed by atoms with Gasteiger partial charge in [-0.2, -0.15) is 0 Å². The minimum atomic E-state index is -0.222. The van der Waals surface area contributed by atoms with Gasteiger partial charge in [0.05, 0.1) is 5.69 Å². The number of carbonyl (C=O) groups is 2. The van der Waals surface area contributed by atoms with E-state index in [0.29, 0.717) is 24.3 Å². The number of rotatable bonds is 5. The Labute approximate surface area is 198 Å². The average Bonchev–Trinajstić information content (AvgIpc) is 2.82. The predicted molar refractivity (Wildman–Crippen MR) is 134 cm³/mol. The quantitative estimate of drug-likeness (QED) is 0.536. The number of nitrogens with zero attached hydrogens (tertiary/aromatic N) is 2. The first kappa shape index (κ1) is 22.9. The smallest absolute Gasteiger partial charge is 0.326 e. The fourth-order valence-corrected chi connectivity index (χ4v) is 5.03. The van der Waals surface area contributed by atoms with Crippen LogP contribution in [0.2, 0.25) is 0 Å². The second kappa shape index (κ2) is 10.1. The van der Waals surface area contributed by atoms with Crippen LogP contribution in [0.5, 0.6) is 0 Å². The maximum absolute atomic E-state index is 13.1. The van der Waals surface area contributed by atoms with Crippen molar-refractivity contribution in [1.29, 1.82) is 0 Å². The van der Waals surface area contributed by atoms with Crippen LogP contribution in [-0.4, -0.2) is 35.8 Å². The number of hydrogen-bond acceptors (Lipinski definition) is 4. The van der Waals surface area contributed by atoms with Crippen molar-refractivity contribution in [1.82, 2.24) is 10.3 Å². The topological polar surface area (TPSA) is 74.3 Å². The van der Waals surface area contributed by atoms with Crippen molar-refractivity contribution in [3.8, 4) is 0 Å². The van der Waals surface area contributed by atoms with E-state index in [2.05, 4.69) is 34.7 Å². The highest BCUT2D eigenvalue weighted by molar-refractivity contribution is 7.99. The lowest BCUT2D eigenvalue weighted by Gasteiger charge is -2.30. The number of carbonyl (C=O) groups excluding carboxylic acids is 2. The molecular formula is C26H28N4O2S. The molecule has 0 spiro atoms. The lowest BCUT2D eigenvalue weighted by atomic mass is 10.0. The molecule has 1 aromatic heterocycles. The Morgan fingerprint density at radius 1 is 1.09 bits per heavy atom. The SMILES string of the molecule is Cc1cc(C)c2c(n1)SCCN2C(=O)Nc1cccc(C(=O)NC[C@@H](C)c2ccccc2)c1. The van der Waals surface area contributed by atoms with Crippen LogP contribution in [0.1, 0.15) is 40.0 Å². The van der Waals surface area contributed by atoms with Crippen LogP contribution < -0.4 is 15.5 Å². The highest BCUT2D eigenvalue weighted by Gasteiger charge is 2.26. The predicted octanol–water partition coefficient (Wildman–Crippen LogP) is 5.38. The molecule has 3 amide bonds. The summed E-state index contributed by atoms with van der Waals surface area (Å²) in [5, 5.41) is 6.83. The highest BCUT2D eigenvalue weighted by atomic mass is 32.2. The molecule has 0 saturated heterocycles. The number of aryl methyl sites for hydroxylation is 2. The van der Waals surface area contributed by atoms with E-state index in [-0.39, 0.29) is 17.9 Å². The number of thioether (sulfide) groups is 1. The van der Waals surface area contributed by atoms with Crippen molar-refractivity contribution in [3.05, 3.63) is 83.0 Å². The number of hydrogen-bond donors (Lipinski definition) is 2. The summed E-state index contributed by atoms with van der Waals surface area (Å²) in [5.41, 5.74) is 5.11. The van der Waals surface area contributed by atoms with E-state index in [1.54, 1.807) is 40.9 Å². The summed E-state index contributed by atoms with van der Waals surface area (Å²) in [6, 6.07) is 18.9. The Morgan fingerprint density at radius 3 is 2.67 bits per heavy atom. The largest absolute Gasteiger partial charge is 0.351 e. The number of benzene rings is 2. The zero-order valence-electron chi connectivity index (χ0n) is 19.1. The van der Waals surface area contributed by atoms with E-state index >= 15 is 0 Å². The van der Waals surface area contributed by atoms with Crippen LogP contribution in [-0.2, 0) is 0 Å². The molecule has 1 aliphatic rings. The molecule has 1 atom stereocenters. The zero-order valence-corrected chi connectivity index (χ0v) is 19.9. The van der Waals surface area contributed by atoms with Crippen LogP contribution in [0, 0.1) is 13.8 Å². The van der Waals surface area contributed by atoms with Gasteiger partial charge in [0.15, 0.2) is 0 Å². The summed E-state index contributed by atoms with van der Waals surface area (Å²) in [6.07, 6.45) is 0. The van der Waals surface area contributed by atoms with Gasteiger partial charge in [0.25, 0.3) is 5.91 Å². The maximum atomic E-state index is 13.1. The normalized spacial score (nSPS) is 13.7. The Balaban J connectivity index is 1.42. The summed E-state index contributed by atoms with van der Waals surface area (Å²) in [5.74, 6) is 0.831. The van der Waals surface area contributed by atoms with E-state index in [9.17, 15) is 9.59 Å². The van der Waals surface area contributed by atoms with Crippen LogP contribution in [0.25, 0.3) is 0 Å². The van der Waals surface area contributed by atoms with Gasteiger partial charge in [0, 0.05) is 35.8 Å². The third-order valence-corrected chi connectivity index (χ3v) is 6.61. The Bertz CT molecular complexity index is 1170. The first-order chi connectivity index (χ1) is 15.9. The minimum Gasteiger partial charge on any atom is -0.351 e. The van der Waals surface area contributed by atoms with Gasteiger partial charge < -0.3 is 10.6 Å². The Kier molecular flexibility index (Phi) is 6.99. The van der Waals surface area contributed by atoms with Crippen molar-refractivity contribution in [3.63, 3.8) is 0 Å². The molecule has 3 aromatic rings. The highest BCUT2D eigenvalue weighted by Crippen LogP contribution is 2.36. The third-order valence-electron chi connectivity index (χ3n) is 5.66. The van der Waals surface area contributed by atoms with Gasteiger partial charge in [-0.05, 0) is 55.2 Å². The molecule has 0 bridgehead atoms. The number of anilines is 2. The van der Waals surface area contributed by atoms with Gasteiger partial charge in [-0.15, -0.1) is 11.8 Å². The second-order valence-corrected chi connectivity index (χ2v) is 9.35. The van der Waals surface area contributed by atoms with Crippen molar-refractivity contribution in [2.75, 3.05) is 29.1 Å². The van der Waals surface area contributed by atoms with E-state index in [1.165, 1.54) is 5.56 Å².